The first-order chi connectivity index (χ1) is 9.63. The van der Waals surface area contributed by atoms with Crippen molar-refractivity contribution in [3.63, 3.8) is 0 Å². The molecule has 3 atom stereocenters. The number of nitrogens with one attached hydrogen (secondary N) is 1. The van der Waals surface area contributed by atoms with Crippen molar-refractivity contribution in [2.45, 2.75) is 39.0 Å². The van der Waals surface area contributed by atoms with Gasteiger partial charge in [-0.25, -0.2) is 4.98 Å². The monoisotopic (exact) mass is 290 g/mol. The average molecular weight is 290 g/mol. The van der Waals surface area contributed by atoms with E-state index in [2.05, 4.69) is 36.3 Å². The summed E-state index contributed by atoms with van der Waals surface area (Å²) in [5.74, 6) is 2.72. The van der Waals surface area contributed by atoms with Gasteiger partial charge in [0.2, 0.25) is 0 Å². The summed E-state index contributed by atoms with van der Waals surface area (Å²) in [5.41, 5.74) is 0.575. The molecule has 1 amide bonds. The molecule has 1 heterocycles. The second-order valence-corrected chi connectivity index (χ2v) is 7.20. The van der Waals surface area contributed by atoms with Gasteiger partial charge in [-0.3, -0.25) is 4.79 Å². The summed E-state index contributed by atoms with van der Waals surface area (Å²) in [7, 11) is 0. The second-order valence-electron chi connectivity index (χ2n) is 6.31. The molecule has 1 aromatic rings. The molecule has 2 aliphatic rings. The molecule has 3 nitrogen and oxygen atoms in total. The maximum atomic E-state index is 12.0. The maximum Gasteiger partial charge on any atom is 0.270 e. The van der Waals surface area contributed by atoms with E-state index in [4.69, 9.17) is 0 Å². The van der Waals surface area contributed by atoms with Crippen LogP contribution in [0.1, 0.15) is 54.5 Å². The van der Waals surface area contributed by atoms with Crippen molar-refractivity contribution in [3.8, 4) is 0 Å². The molecule has 1 aromatic heterocycles. The number of carbonyl (C=O) groups is 1. The highest BCUT2D eigenvalue weighted by Gasteiger charge is 2.34. The zero-order chi connectivity index (χ0) is 14.1. The summed E-state index contributed by atoms with van der Waals surface area (Å²) >= 11 is 1.57. The molecule has 0 spiro atoms. The van der Waals surface area contributed by atoms with Gasteiger partial charge in [-0.15, -0.1) is 11.3 Å². The van der Waals surface area contributed by atoms with E-state index in [1.165, 1.54) is 12.8 Å². The predicted molar refractivity (Wildman–Crippen MR) is 82.0 cm³/mol. The lowest BCUT2D eigenvalue weighted by molar-refractivity contribution is 0.0946. The molecule has 1 N–H and O–H groups in total. The van der Waals surface area contributed by atoms with Gasteiger partial charge in [0.05, 0.1) is 5.01 Å². The van der Waals surface area contributed by atoms with Crippen molar-refractivity contribution in [3.05, 3.63) is 28.2 Å². The summed E-state index contributed by atoms with van der Waals surface area (Å²) < 4.78 is 0. The Morgan fingerprint density at radius 2 is 2.30 bits per heavy atom. The van der Waals surface area contributed by atoms with Crippen molar-refractivity contribution in [1.82, 2.24) is 10.3 Å². The Hall–Kier alpha value is -1.16. The van der Waals surface area contributed by atoms with Crippen LogP contribution in [0, 0.1) is 17.8 Å². The largest absolute Gasteiger partial charge is 0.351 e. The number of nitrogens with zero attached hydrogens (tertiary/aromatic N) is 1. The normalized spacial score (nSPS) is 27.4. The van der Waals surface area contributed by atoms with Crippen LogP contribution >= 0.6 is 11.3 Å². The Kier molecular flexibility index (Phi) is 3.92. The number of amides is 1. The number of carbonyl (C=O) groups excluding carboxylic acids is 1. The van der Waals surface area contributed by atoms with Crippen molar-refractivity contribution in [2.24, 2.45) is 17.8 Å². The second kappa shape index (κ2) is 5.68. The highest BCUT2D eigenvalue weighted by atomic mass is 32.1. The molecule has 1 saturated carbocycles. The molecule has 0 unspecified atom stereocenters. The van der Waals surface area contributed by atoms with E-state index in [1.807, 2.05) is 5.38 Å². The van der Waals surface area contributed by atoms with Gasteiger partial charge < -0.3 is 5.32 Å². The first-order valence-corrected chi connectivity index (χ1v) is 8.43. The van der Waals surface area contributed by atoms with Crippen LogP contribution in [-0.4, -0.2) is 17.4 Å². The van der Waals surface area contributed by atoms with E-state index in [9.17, 15) is 4.79 Å². The van der Waals surface area contributed by atoms with Gasteiger partial charge in [-0.2, -0.15) is 0 Å². The Morgan fingerprint density at radius 3 is 2.90 bits per heavy atom. The van der Waals surface area contributed by atoms with Gasteiger partial charge in [-0.1, -0.05) is 26.0 Å². The minimum Gasteiger partial charge on any atom is -0.351 e. The SMILES string of the molecule is CC(C)c1nc(C(=O)NCC[C@@H]2C[C@@H]3C=C[C@H]2C3)cs1. The Morgan fingerprint density at radius 1 is 1.45 bits per heavy atom. The predicted octanol–water partition coefficient (Wildman–Crippen LogP) is 3.60. The van der Waals surface area contributed by atoms with Gasteiger partial charge in [0.15, 0.2) is 0 Å². The lowest BCUT2D eigenvalue weighted by atomic mass is 9.91. The van der Waals surface area contributed by atoms with Crippen molar-refractivity contribution >= 4 is 17.2 Å². The molecule has 3 rings (SSSR count). The summed E-state index contributed by atoms with van der Waals surface area (Å²) in [5, 5.41) is 5.92. The fourth-order valence-electron chi connectivity index (χ4n) is 3.35. The van der Waals surface area contributed by atoms with E-state index in [0.717, 1.165) is 35.7 Å². The quantitative estimate of drug-likeness (QED) is 0.842. The molecule has 1 fully saturated rings. The lowest BCUT2D eigenvalue weighted by Gasteiger charge is -2.17. The molecule has 2 bridgehead atoms. The van der Waals surface area contributed by atoms with E-state index in [-0.39, 0.29) is 5.91 Å². The molecule has 0 aromatic carbocycles. The van der Waals surface area contributed by atoms with Gasteiger partial charge in [0, 0.05) is 17.8 Å². The summed E-state index contributed by atoms with van der Waals surface area (Å²) in [6, 6.07) is 0. The maximum absolute atomic E-state index is 12.0. The molecule has 0 radical (unpaired) electrons. The minimum absolute atomic E-state index is 0.0214. The number of fused-ring (bicyclic) bond motifs is 2. The average Bonchev–Trinajstić information content (AvgIpc) is 3.14. The summed E-state index contributed by atoms with van der Waals surface area (Å²) in [6.07, 6.45) is 8.48. The molecular weight excluding hydrogens is 268 g/mol. The van der Waals surface area contributed by atoms with Crippen molar-refractivity contribution in [2.75, 3.05) is 6.54 Å². The topological polar surface area (TPSA) is 42.0 Å². The standard InChI is InChI=1S/C16H22N2OS/c1-10(2)16-18-14(9-20-16)15(19)17-6-5-13-8-11-3-4-12(13)7-11/h3-4,9-13H,5-8H2,1-2H3,(H,17,19)/t11-,12+,13-/m1/s1. The van der Waals surface area contributed by atoms with Crippen LogP contribution in [0.3, 0.4) is 0 Å². The van der Waals surface area contributed by atoms with E-state index in [0.29, 0.717) is 11.6 Å². The summed E-state index contributed by atoms with van der Waals surface area (Å²) in [6.45, 7) is 4.97. The Bertz CT molecular complexity index is 520. The Labute approximate surface area is 124 Å². The number of allylic oxidation sites excluding steroid dienone is 2. The summed E-state index contributed by atoms with van der Waals surface area (Å²) in [4.78, 5) is 16.4. The first kappa shape index (κ1) is 13.8. The third-order valence-electron chi connectivity index (χ3n) is 4.47. The highest BCUT2D eigenvalue weighted by Crippen LogP contribution is 2.44. The van der Waals surface area contributed by atoms with Crippen molar-refractivity contribution < 1.29 is 4.79 Å². The molecule has 0 aliphatic heterocycles. The van der Waals surface area contributed by atoms with Crippen LogP contribution in [0.2, 0.25) is 0 Å². The lowest BCUT2D eigenvalue weighted by Crippen LogP contribution is -2.27. The van der Waals surface area contributed by atoms with Crippen LogP contribution in [0.4, 0.5) is 0 Å². The van der Waals surface area contributed by atoms with Gasteiger partial charge in [0.25, 0.3) is 5.91 Å². The van der Waals surface area contributed by atoms with Gasteiger partial charge in [0.1, 0.15) is 5.69 Å². The third kappa shape index (κ3) is 2.80. The van der Waals surface area contributed by atoms with Gasteiger partial charge in [-0.05, 0) is 37.0 Å². The third-order valence-corrected chi connectivity index (χ3v) is 5.61. The highest BCUT2D eigenvalue weighted by molar-refractivity contribution is 7.09. The van der Waals surface area contributed by atoms with Crippen LogP contribution in [0.5, 0.6) is 0 Å². The van der Waals surface area contributed by atoms with Crippen LogP contribution in [0.25, 0.3) is 0 Å². The number of thiazole rings is 1. The molecular formula is C16H22N2OS. The minimum atomic E-state index is -0.0214. The number of hydrogen-bond donors (Lipinski definition) is 1. The molecule has 0 saturated heterocycles. The first-order valence-electron chi connectivity index (χ1n) is 7.55. The smallest absolute Gasteiger partial charge is 0.270 e. The Balaban J connectivity index is 1.46. The number of rotatable bonds is 5. The van der Waals surface area contributed by atoms with Crippen LogP contribution in [-0.2, 0) is 0 Å². The van der Waals surface area contributed by atoms with E-state index in [1.54, 1.807) is 11.3 Å². The zero-order valence-corrected chi connectivity index (χ0v) is 13.0. The van der Waals surface area contributed by atoms with E-state index < -0.39 is 0 Å². The molecule has 4 heteroatoms. The van der Waals surface area contributed by atoms with Gasteiger partial charge >= 0.3 is 0 Å². The molecule has 108 valence electrons. The number of hydrogen-bond acceptors (Lipinski definition) is 3. The van der Waals surface area contributed by atoms with Crippen molar-refractivity contribution in [1.29, 1.82) is 0 Å². The van der Waals surface area contributed by atoms with Crippen LogP contribution in [0.15, 0.2) is 17.5 Å². The zero-order valence-electron chi connectivity index (χ0n) is 12.1. The van der Waals surface area contributed by atoms with E-state index >= 15 is 0 Å². The van der Waals surface area contributed by atoms with Crippen LogP contribution < -0.4 is 5.32 Å². The number of aromatic nitrogens is 1. The fraction of sp³-hybridized carbons (Fsp3) is 0.625. The fourth-order valence-corrected chi connectivity index (χ4v) is 4.16. The molecule has 2 aliphatic carbocycles. The molecule has 20 heavy (non-hydrogen) atoms.